The molecule has 2 rings (SSSR count). The smallest absolute Gasteiger partial charge is 0.240 e. The van der Waals surface area contributed by atoms with E-state index < -0.39 is 10.0 Å². The Morgan fingerprint density at radius 3 is 2.45 bits per heavy atom. The molecule has 2 aromatic carbocycles. The first-order valence-electron chi connectivity index (χ1n) is 5.73. The summed E-state index contributed by atoms with van der Waals surface area (Å²) < 4.78 is 24.1. The van der Waals surface area contributed by atoms with Crippen molar-refractivity contribution in [3.8, 4) is 0 Å². The van der Waals surface area contributed by atoms with Crippen molar-refractivity contribution in [2.24, 2.45) is 5.14 Å². The number of sulfonamides is 1. The van der Waals surface area contributed by atoms with Gasteiger partial charge in [0.25, 0.3) is 0 Å². The minimum atomic E-state index is -3.85. The number of halogens is 1. The van der Waals surface area contributed by atoms with Crippen LogP contribution < -0.4 is 16.2 Å². The van der Waals surface area contributed by atoms with Crippen molar-refractivity contribution in [2.45, 2.75) is 11.8 Å². The van der Waals surface area contributed by atoms with Gasteiger partial charge in [0.15, 0.2) is 0 Å². The van der Waals surface area contributed by atoms with E-state index in [9.17, 15) is 8.42 Å². The summed E-state index contributed by atoms with van der Waals surface area (Å²) in [5, 5.41) is 8.23. The van der Waals surface area contributed by atoms with E-state index >= 15 is 0 Å². The van der Waals surface area contributed by atoms with E-state index in [2.05, 4.69) is 21.2 Å². The molecule has 0 atom stereocenters. The third-order valence-electron chi connectivity index (χ3n) is 2.76. The lowest BCUT2D eigenvalue weighted by Crippen LogP contribution is -2.14. The van der Waals surface area contributed by atoms with Crippen LogP contribution >= 0.6 is 15.9 Å². The highest BCUT2D eigenvalue weighted by Crippen LogP contribution is 2.28. The highest BCUT2D eigenvalue weighted by atomic mass is 79.9. The summed E-state index contributed by atoms with van der Waals surface area (Å²) >= 11 is 3.43. The third-order valence-corrected chi connectivity index (χ3v) is 4.57. The molecule has 0 saturated heterocycles. The van der Waals surface area contributed by atoms with Crippen LogP contribution in [0.2, 0.25) is 0 Å². The summed E-state index contributed by atoms with van der Waals surface area (Å²) in [4.78, 5) is -0.0332. The Hall–Kier alpha value is -1.57. The fourth-order valence-corrected chi connectivity index (χ4v) is 2.81. The highest BCUT2D eigenvalue weighted by molar-refractivity contribution is 9.10. The first-order valence-corrected chi connectivity index (χ1v) is 8.07. The molecular formula is C13H14BrN3O2S. The maximum absolute atomic E-state index is 11.6. The first-order chi connectivity index (χ1) is 9.27. The minimum absolute atomic E-state index is 0.0332. The molecule has 0 radical (unpaired) electrons. The molecule has 0 fully saturated rings. The second-order valence-corrected chi connectivity index (χ2v) is 6.77. The Morgan fingerprint density at radius 2 is 1.85 bits per heavy atom. The zero-order valence-corrected chi connectivity index (χ0v) is 13.1. The van der Waals surface area contributed by atoms with Crippen molar-refractivity contribution < 1.29 is 8.42 Å². The van der Waals surface area contributed by atoms with E-state index in [1.54, 1.807) is 12.1 Å². The molecule has 5 N–H and O–H groups in total. The van der Waals surface area contributed by atoms with Crippen LogP contribution in [0, 0.1) is 6.92 Å². The largest absolute Gasteiger partial charge is 0.399 e. The number of nitrogen functional groups attached to an aromatic ring is 1. The predicted octanol–water partition coefficient (Wildman–Crippen LogP) is 2.73. The fourth-order valence-electron chi connectivity index (χ4n) is 1.70. The molecule has 0 aliphatic rings. The van der Waals surface area contributed by atoms with Gasteiger partial charge < -0.3 is 11.1 Å². The number of hydrogen-bond donors (Lipinski definition) is 3. The number of nitrogens with one attached hydrogen (secondary N) is 1. The zero-order valence-electron chi connectivity index (χ0n) is 10.7. The number of aryl methyl sites for hydroxylation is 1. The van der Waals surface area contributed by atoms with Crippen molar-refractivity contribution in [1.82, 2.24) is 0 Å². The zero-order chi connectivity index (χ0) is 14.9. The van der Waals surface area contributed by atoms with E-state index in [1.807, 2.05) is 25.1 Å². The molecule has 2 aromatic rings. The monoisotopic (exact) mass is 355 g/mol. The summed E-state index contributed by atoms with van der Waals surface area (Å²) in [5.74, 6) is 0. The lowest BCUT2D eigenvalue weighted by molar-refractivity contribution is 0.598. The van der Waals surface area contributed by atoms with Crippen LogP contribution in [0.5, 0.6) is 0 Å². The van der Waals surface area contributed by atoms with Gasteiger partial charge in [-0.3, -0.25) is 0 Å². The van der Waals surface area contributed by atoms with E-state index in [0.717, 1.165) is 15.7 Å². The Labute approximate surface area is 126 Å². The normalized spacial score (nSPS) is 11.3. The first kappa shape index (κ1) is 14.8. The highest BCUT2D eigenvalue weighted by Gasteiger charge is 2.14. The average Bonchev–Trinajstić information content (AvgIpc) is 2.35. The van der Waals surface area contributed by atoms with Crippen molar-refractivity contribution >= 4 is 43.0 Å². The molecule has 7 heteroatoms. The van der Waals surface area contributed by atoms with Gasteiger partial charge in [0.2, 0.25) is 10.0 Å². The van der Waals surface area contributed by atoms with Crippen LogP contribution in [0.4, 0.5) is 17.1 Å². The Kier molecular flexibility index (Phi) is 4.03. The van der Waals surface area contributed by atoms with Crippen LogP contribution in [0.3, 0.4) is 0 Å². The van der Waals surface area contributed by atoms with E-state index in [-0.39, 0.29) is 4.90 Å². The molecule has 0 saturated carbocycles. The summed E-state index contributed by atoms with van der Waals surface area (Å²) in [6, 6.07) is 10.2. The summed E-state index contributed by atoms with van der Waals surface area (Å²) in [5.41, 5.74) is 8.16. The van der Waals surface area contributed by atoms with Gasteiger partial charge in [-0.2, -0.15) is 0 Å². The molecule has 0 spiro atoms. The Balaban J connectivity index is 2.46. The molecule has 5 nitrogen and oxygen atoms in total. The van der Waals surface area contributed by atoms with Gasteiger partial charge in [-0.05, 0) is 42.8 Å². The molecule has 20 heavy (non-hydrogen) atoms. The summed E-state index contributed by atoms with van der Waals surface area (Å²) in [6.45, 7) is 1.97. The molecule has 0 heterocycles. The van der Waals surface area contributed by atoms with Gasteiger partial charge in [-0.15, -0.1) is 0 Å². The Morgan fingerprint density at radius 1 is 1.15 bits per heavy atom. The number of benzene rings is 2. The number of rotatable bonds is 3. The van der Waals surface area contributed by atoms with E-state index in [1.165, 1.54) is 6.07 Å². The summed E-state index contributed by atoms with van der Waals surface area (Å²) in [6.07, 6.45) is 0. The number of nitrogens with two attached hydrogens (primary N) is 2. The second-order valence-electron chi connectivity index (χ2n) is 4.39. The van der Waals surface area contributed by atoms with Gasteiger partial charge in [0, 0.05) is 15.8 Å². The van der Waals surface area contributed by atoms with Crippen LogP contribution in [0.15, 0.2) is 45.8 Å². The van der Waals surface area contributed by atoms with Gasteiger partial charge in [-0.25, -0.2) is 13.6 Å². The lowest BCUT2D eigenvalue weighted by atomic mass is 10.2. The maximum atomic E-state index is 11.6. The van der Waals surface area contributed by atoms with Gasteiger partial charge in [0.05, 0.1) is 5.69 Å². The topological polar surface area (TPSA) is 98.2 Å². The van der Waals surface area contributed by atoms with Crippen molar-refractivity contribution in [3.63, 3.8) is 0 Å². The predicted molar refractivity (Wildman–Crippen MR) is 84.4 cm³/mol. The molecule has 0 amide bonds. The van der Waals surface area contributed by atoms with E-state index in [0.29, 0.717) is 11.4 Å². The Bertz CT molecular complexity index is 760. The van der Waals surface area contributed by atoms with Crippen molar-refractivity contribution in [2.75, 3.05) is 11.1 Å². The summed E-state index contributed by atoms with van der Waals surface area (Å²) in [7, 11) is -3.85. The SMILES string of the molecule is Cc1ccc(Nc2ccc(N)cc2S(N)(=O)=O)cc1Br. The van der Waals surface area contributed by atoms with Gasteiger partial charge in [-0.1, -0.05) is 22.0 Å². The molecule has 0 aliphatic carbocycles. The quantitative estimate of drug-likeness (QED) is 0.737. The number of anilines is 3. The third kappa shape index (κ3) is 3.30. The molecule has 0 bridgehead atoms. The lowest BCUT2D eigenvalue weighted by Gasteiger charge is -2.12. The molecule has 106 valence electrons. The van der Waals surface area contributed by atoms with Crippen molar-refractivity contribution in [1.29, 1.82) is 0 Å². The van der Waals surface area contributed by atoms with Crippen LogP contribution in [-0.2, 0) is 10.0 Å². The number of primary sulfonamides is 1. The van der Waals surface area contributed by atoms with Crippen molar-refractivity contribution in [3.05, 3.63) is 46.4 Å². The fraction of sp³-hybridized carbons (Fsp3) is 0.0769. The maximum Gasteiger partial charge on any atom is 0.240 e. The molecular weight excluding hydrogens is 342 g/mol. The van der Waals surface area contributed by atoms with Gasteiger partial charge >= 0.3 is 0 Å². The minimum Gasteiger partial charge on any atom is -0.399 e. The standard InChI is InChI=1S/C13H14BrN3O2S/c1-8-2-4-10(7-11(8)14)17-12-5-3-9(15)6-13(12)20(16,18)19/h2-7,17H,15H2,1H3,(H2,16,18,19). The molecule has 0 aliphatic heterocycles. The van der Waals surface area contributed by atoms with E-state index in [4.69, 9.17) is 10.9 Å². The number of hydrogen-bond acceptors (Lipinski definition) is 4. The van der Waals surface area contributed by atoms with Gasteiger partial charge in [0.1, 0.15) is 4.90 Å². The molecule has 0 unspecified atom stereocenters. The van der Waals surface area contributed by atoms with Crippen LogP contribution in [0.1, 0.15) is 5.56 Å². The molecule has 0 aromatic heterocycles. The average molecular weight is 356 g/mol. The second kappa shape index (κ2) is 5.43. The van der Waals surface area contributed by atoms with Crippen LogP contribution in [-0.4, -0.2) is 8.42 Å². The van der Waals surface area contributed by atoms with Crippen LogP contribution in [0.25, 0.3) is 0 Å².